The maximum absolute atomic E-state index is 12.0. The monoisotopic (exact) mass is 340 g/mol. The second-order valence-corrected chi connectivity index (χ2v) is 7.00. The van der Waals surface area contributed by atoms with E-state index in [1.54, 1.807) is 18.2 Å². The van der Waals surface area contributed by atoms with Crippen molar-refractivity contribution >= 4 is 22.0 Å². The van der Waals surface area contributed by atoms with E-state index in [4.69, 9.17) is 4.74 Å². The topological polar surface area (TPSA) is 84.5 Å². The van der Waals surface area contributed by atoms with Gasteiger partial charge >= 0.3 is 0 Å². The van der Waals surface area contributed by atoms with Gasteiger partial charge in [-0.15, -0.1) is 0 Å². The molecule has 1 rings (SSSR count). The van der Waals surface area contributed by atoms with E-state index in [9.17, 15) is 13.2 Å². The van der Waals surface area contributed by atoms with E-state index in [1.807, 2.05) is 6.92 Å². The highest BCUT2D eigenvalue weighted by Gasteiger charge is 2.17. The van der Waals surface area contributed by atoms with Crippen molar-refractivity contribution in [3.63, 3.8) is 0 Å². The maximum atomic E-state index is 12.0. The van der Waals surface area contributed by atoms with Crippen LogP contribution >= 0.6 is 0 Å². The molecule has 1 unspecified atom stereocenters. The molecule has 0 aliphatic heterocycles. The van der Waals surface area contributed by atoms with E-state index in [1.165, 1.54) is 26.3 Å². The molecule has 0 heterocycles. The van der Waals surface area contributed by atoms with Crippen molar-refractivity contribution in [3.8, 4) is 5.75 Å². The fourth-order valence-electron chi connectivity index (χ4n) is 2.08. The third-order valence-electron chi connectivity index (χ3n) is 3.28. The number of amides is 1. The maximum Gasteiger partial charge on any atom is 0.244 e. The van der Waals surface area contributed by atoms with Gasteiger partial charge in [-0.25, -0.2) is 13.1 Å². The van der Waals surface area contributed by atoms with Gasteiger partial charge in [0, 0.05) is 12.1 Å². The summed E-state index contributed by atoms with van der Waals surface area (Å²) in [5.41, 5.74) is 0.595. The number of methoxy groups -OCH3 is 1. The van der Waals surface area contributed by atoms with Gasteiger partial charge in [0.25, 0.3) is 0 Å². The van der Waals surface area contributed by atoms with Gasteiger partial charge in [-0.2, -0.15) is 0 Å². The molecule has 0 radical (unpaired) electrons. The van der Waals surface area contributed by atoms with Gasteiger partial charge in [0.2, 0.25) is 15.9 Å². The molecule has 1 amide bonds. The molecule has 1 aromatic carbocycles. The van der Waals surface area contributed by atoms with Gasteiger partial charge < -0.3 is 10.1 Å². The zero-order valence-electron chi connectivity index (χ0n) is 13.9. The quantitative estimate of drug-likeness (QED) is 0.708. The molecule has 128 valence electrons. The molecule has 6 nitrogen and oxygen atoms in total. The largest absolute Gasteiger partial charge is 0.495 e. The Bertz CT molecular complexity index is 669. The van der Waals surface area contributed by atoms with Gasteiger partial charge in [-0.1, -0.05) is 19.4 Å². The number of hydrogen-bond donors (Lipinski definition) is 2. The number of rotatable bonds is 8. The number of sulfonamides is 1. The first-order valence-corrected chi connectivity index (χ1v) is 8.92. The summed E-state index contributed by atoms with van der Waals surface area (Å²) in [6.45, 7) is 4.00. The lowest BCUT2D eigenvalue weighted by Gasteiger charge is -2.11. The van der Waals surface area contributed by atoms with Crippen LogP contribution in [0, 0.1) is 0 Å². The fraction of sp³-hybridized carbons (Fsp3) is 0.438. The highest BCUT2D eigenvalue weighted by atomic mass is 32.2. The van der Waals surface area contributed by atoms with E-state index >= 15 is 0 Å². The average Bonchev–Trinajstić information content (AvgIpc) is 2.52. The van der Waals surface area contributed by atoms with E-state index < -0.39 is 10.0 Å². The highest BCUT2D eigenvalue weighted by Crippen LogP contribution is 2.25. The Kier molecular flexibility index (Phi) is 7.25. The second-order valence-electron chi connectivity index (χ2n) is 5.15. The van der Waals surface area contributed by atoms with Crippen molar-refractivity contribution in [2.45, 2.75) is 37.6 Å². The minimum absolute atomic E-state index is 0.0319. The number of ether oxygens (including phenoxy) is 1. The zero-order chi connectivity index (χ0) is 17.5. The molecular weight excluding hydrogens is 316 g/mol. The molecule has 1 aromatic rings. The molecule has 0 aliphatic rings. The number of nitrogens with one attached hydrogen (secondary N) is 2. The first-order chi connectivity index (χ1) is 10.8. The molecule has 0 bridgehead atoms. The van der Waals surface area contributed by atoms with Gasteiger partial charge in [-0.05, 0) is 44.2 Å². The second kappa shape index (κ2) is 8.69. The van der Waals surface area contributed by atoms with Crippen molar-refractivity contribution in [2.24, 2.45) is 0 Å². The van der Waals surface area contributed by atoms with Crippen LogP contribution in [0.3, 0.4) is 0 Å². The van der Waals surface area contributed by atoms with Crippen molar-refractivity contribution in [1.29, 1.82) is 0 Å². The smallest absolute Gasteiger partial charge is 0.244 e. The van der Waals surface area contributed by atoms with E-state index in [0.717, 1.165) is 12.8 Å². The van der Waals surface area contributed by atoms with Crippen LogP contribution in [0.4, 0.5) is 0 Å². The first kappa shape index (κ1) is 19.2. The summed E-state index contributed by atoms with van der Waals surface area (Å²) in [5, 5.41) is 2.85. The molecule has 0 aromatic heterocycles. The number of carbonyl (C=O) groups is 1. The van der Waals surface area contributed by atoms with Crippen LogP contribution in [0.1, 0.15) is 32.3 Å². The summed E-state index contributed by atoms with van der Waals surface area (Å²) in [7, 11) is -0.900. The number of benzene rings is 1. The van der Waals surface area contributed by atoms with Crippen LogP contribution in [0.25, 0.3) is 6.08 Å². The normalized spacial score (nSPS) is 13.0. The Labute approximate surface area is 138 Å². The predicted octanol–water partition coefficient (Wildman–Crippen LogP) is 1.92. The Hall–Kier alpha value is -1.86. The predicted molar refractivity (Wildman–Crippen MR) is 90.8 cm³/mol. The molecule has 1 atom stereocenters. The van der Waals surface area contributed by atoms with E-state index in [-0.39, 0.29) is 22.6 Å². The first-order valence-electron chi connectivity index (χ1n) is 7.44. The summed E-state index contributed by atoms with van der Waals surface area (Å²) in [6.07, 6.45) is 4.87. The molecular formula is C16H24N2O4S. The standard InChI is InChI=1S/C16H24N2O4S/c1-5-6-12(2)18-16(19)10-8-13-7-9-14(22-4)15(11-13)23(20,21)17-3/h7-12,17H,5-6H2,1-4H3,(H,18,19)/b10-8+. The average molecular weight is 340 g/mol. The third-order valence-corrected chi connectivity index (χ3v) is 4.72. The summed E-state index contributed by atoms with van der Waals surface area (Å²) >= 11 is 0. The Morgan fingerprint density at radius 3 is 2.65 bits per heavy atom. The Morgan fingerprint density at radius 2 is 2.09 bits per heavy atom. The lowest BCUT2D eigenvalue weighted by atomic mass is 10.2. The Morgan fingerprint density at radius 1 is 1.39 bits per heavy atom. The molecule has 23 heavy (non-hydrogen) atoms. The third kappa shape index (κ3) is 5.69. The number of hydrogen-bond acceptors (Lipinski definition) is 4. The molecule has 2 N–H and O–H groups in total. The zero-order valence-corrected chi connectivity index (χ0v) is 14.7. The summed E-state index contributed by atoms with van der Waals surface area (Å²) in [6, 6.07) is 4.81. The van der Waals surface area contributed by atoms with Crippen molar-refractivity contribution < 1.29 is 17.9 Å². The van der Waals surface area contributed by atoms with Crippen LogP contribution in [0.5, 0.6) is 5.75 Å². The van der Waals surface area contributed by atoms with Crippen LogP contribution in [0.15, 0.2) is 29.2 Å². The summed E-state index contributed by atoms with van der Waals surface area (Å²) in [5.74, 6) is 0.0392. The molecule has 0 fully saturated rings. The van der Waals surface area contributed by atoms with Gasteiger partial charge in [0.1, 0.15) is 10.6 Å². The fourth-order valence-corrected chi connectivity index (χ4v) is 3.01. The van der Waals surface area contributed by atoms with Crippen LogP contribution in [-0.4, -0.2) is 34.5 Å². The van der Waals surface area contributed by atoms with Gasteiger partial charge in [-0.3, -0.25) is 4.79 Å². The molecule has 0 spiro atoms. The van der Waals surface area contributed by atoms with Crippen molar-refractivity contribution in [1.82, 2.24) is 10.0 Å². The molecule has 0 aliphatic carbocycles. The molecule has 7 heteroatoms. The van der Waals surface area contributed by atoms with E-state index in [2.05, 4.69) is 17.0 Å². The number of carbonyl (C=O) groups excluding carboxylic acids is 1. The molecule has 0 saturated heterocycles. The van der Waals surface area contributed by atoms with E-state index in [0.29, 0.717) is 5.56 Å². The van der Waals surface area contributed by atoms with Crippen LogP contribution < -0.4 is 14.8 Å². The van der Waals surface area contributed by atoms with Crippen molar-refractivity contribution in [3.05, 3.63) is 29.8 Å². The van der Waals surface area contributed by atoms with Gasteiger partial charge in [0.15, 0.2) is 0 Å². The van der Waals surface area contributed by atoms with Gasteiger partial charge in [0.05, 0.1) is 7.11 Å². The van der Waals surface area contributed by atoms with Crippen LogP contribution in [0.2, 0.25) is 0 Å². The summed E-state index contributed by atoms with van der Waals surface area (Å²) in [4.78, 5) is 11.8. The summed E-state index contributed by atoms with van der Waals surface area (Å²) < 4.78 is 31.3. The Balaban J connectivity index is 2.96. The van der Waals surface area contributed by atoms with Crippen molar-refractivity contribution in [2.75, 3.05) is 14.2 Å². The minimum atomic E-state index is -3.64. The minimum Gasteiger partial charge on any atom is -0.495 e. The highest BCUT2D eigenvalue weighted by molar-refractivity contribution is 7.89. The lowest BCUT2D eigenvalue weighted by Crippen LogP contribution is -2.30. The SMILES string of the molecule is CCCC(C)NC(=O)/C=C/c1ccc(OC)c(S(=O)(=O)NC)c1. The molecule has 0 saturated carbocycles. The van der Waals surface area contributed by atoms with Crippen LogP contribution in [-0.2, 0) is 14.8 Å². The lowest BCUT2D eigenvalue weighted by molar-refractivity contribution is -0.117.